The molecule has 2 rings (SSSR count). The van der Waals surface area contributed by atoms with E-state index in [4.69, 9.17) is 28.9 Å². The third-order valence-corrected chi connectivity index (χ3v) is 4.52. The first-order chi connectivity index (χ1) is 9.70. The number of nitrogen functional groups attached to an aromatic ring is 1. The molecule has 0 bridgehead atoms. The molecule has 0 atom stereocenters. The Morgan fingerprint density at radius 2 is 1.95 bits per heavy atom. The van der Waals surface area contributed by atoms with Gasteiger partial charge in [-0.25, -0.2) is 17.8 Å². The maximum Gasteiger partial charge on any atom is 0.264 e. The molecular formula is C12H10Cl2FN3O2S. The summed E-state index contributed by atoms with van der Waals surface area (Å²) in [5.74, 6) is -0.721. The van der Waals surface area contributed by atoms with Gasteiger partial charge in [0.05, 0.1) is 11.4 Å². The highest BCUT2D eigenvalue weighted by molar-refractivity contribution is 7.92. The van der Waals surface area contributed by atoms with E-state index in [1.54, 1.807) is 6.92 Å². The molecule has 0 aliphatic carbocycles. The van der Waals surface area contributed by atoms with E-state index in [9.17, 15) is 12.8 Å². The van der Waals surface area contributed by atoms with Crippen LogP contribution < -0.4 is 10.5 Å². The molecule has 0 aliphatic heterocycles. The number of nitrogens with zero attached hydrogens (tertiary/aromatic N) is 1. The maximum atomic E-state index is 13.2. The van der Waals surface area contributed by atoms with Crippen molar-refractivity contribution in [2.75, 3.05) is 10.5 Å². The summed E-state index contributed by atoms with van der Waals surface area (Å²) in [7, 11) is -4.11. The van der Waals surface area contributed by atoms with E-state index in [0.29, 0.717) is 5.56 Å². The first-order valence-corrected chi connectivity index (χ1v) is 7.85. The monoisotopic (exact) mass is 349 g/mol. The molecule has 0 unspecified atom stereocenters. The molecule has 2 aromatic rings. The Bertz CT molecular complexity index is 789. The van der Waals surface area contributed by atoms with Crippen molar-refractivity contribution in [2.45, 2.75) is 11.8 Å². The van der Waals surface area contributed by atoms with Crippen LogP contribution in [0.15, 0.2) is 29.2 Å². The van der Waals surface area contributed by atoms with Gasteiger partial charge in [0.25, 0.3) is 10.0 Å². The van der Waals surface area contributed by atoms with Crippen molar-refractivity contribution in [3.63, 3.8) is 0 Å². The summed E-state index contributed by atoms with van der Waals surface area (Å²) in [5, 5.41) is 0.0178. The Balaban J connectivity index is 2.50. The molecule has 1 aromatic heterocycles. The van der Waals surface area contributed by atoms with Crippen LogP contribution in [0.4, 0.5) is 15.8 Å². The predicted octanol–water partition coefficient (Wildman–Crippen LogP) is 3.22. The largest absolute Gasteiger partial charge is 0.398 e. The number of rotatable bonds is 3. The van der Waals surface area contributed by atoms with Gasteiger partial charge in [-0.1, -0.05) is 23.2 Å². The molecule has 112 valence electrons. The van der Waals surface area contributed by atoms with Crippen LogP contribution in [-0.2, 0) is 10.0 Å². The van der Waals surface area contributed by atoms with Gasteiger partial charge in [0.1, 0.15) is 15.9 Å². The third kappa shape index (κ3) is 3.37. The SMILES string of the molecule is Cc1cc(Cl)nc(Cl)c1NS(=O)(=O)c1cc(F)ccc1N. The molecule has 0 spiro atoms. The number of hydrogen-bond donors (Lipinski definition) is 2. The van der Waals surface area contributed by atoms with Gasteiger partial charge in [-0.05, 0) is 36.8 Å². The lowest BCUT2D eigenvalue weighted by atomic mass is 10.3. The summed E-state index contributed by atoms with van der Waals surface area (Å²) < 4.78 is 40.0. The van der Waals surface area contributed by atoms with Gasteiger partial charge in [-0.3, -0.25) is 4.72 Å². The highest BCUT2D eigenvalue weighted by Gasteiger charge is 2.21. The zero-order valence-electron chi connectivity index (χ0n) is 10.7. The van der Waals surface area contributed by atoms with E-state index >= 15 is 0 Å². The summed E-state index contributed by atoms with van der Waals surface area (Å²) in [6.45, 7) is 1.60. The number of nitrogens with two attached hydrogens (primary N) is 1. The zero-order valence-corrected chi connectivity index (χ0v) is 13.0. The van der Waals surface area contributed by atoms with Crippen molar-refractivity contribution in [3.8, 4) is 0 Å². The summed E-state index contributed by atoms with van der Waals surface area (Å²) in [4.78, 5) is 3.37. The molecule has 21 heavy (non-hydrogen) atoms. The molecule has 0 amide bonds. The highest BCUT2D eigenvalue weighted by Crippen LogP contribution is 2.30. The normalized spacial score (nSPS) is 11.4. The quantitative estimate of drug-likeness (QED) is 0.658. The molecular weight excluding hydrogens is 340 g/mol. The lowest BCUT2D eigenvalue weighted by Gasteiger charge is -2.13. The molecule has 0 saturated heterocycles. The second kappa shape index (κ2) is 5.67. The number of nitrogens with one attached hydrogen (secondary N) is 1. The number of halogens is 3. The second-order valence-corrected chi connectivity index (χ2v) is 6.61. The van der Waals surface area contributed by atoms with Crippen LogP contribution in [0.5, 0.6) is 0 Å². The highest BCUT2D eigenvalue weighted by atomic mass is 35.5. The van der Waals surface area contributed by atoms with E-state index in [1.807, 2.05) is 0 Å². The molecule has 5 nitrogen and oxygen atoms in total. The zero-order chi connectivity index (χ0) is 15.8. The van der Waals surface area contributed by atoms with E-state index in [0.717, 1.165) is 12.1 Å². The minimum atomic E-state index is -4.11. The van der Waals surface area contributed by atoms with E-state index in [1.165, 1.54) is 12.1 Å². The van der Waals surface area contributed by atoms with Crippen molar-refractivity contribution < 1.29 is 12.8 Å². The maximum absolute atomic E-state index is 13.2. The number of sulfonamides is 1. The third-order valence-electron chi connectivity index (χ3n) is 2.64. The molecule has 9 heteroatoms. The Labute approximate surface area is 130 Å². The number of anilines is 2. The number of hydrogen-bond acceptors (Lipinski definition) is 4. The first-order valence-electron chi connectivity index (χ1n) is 5.61. The van der Waals surface area contributed by atoms with Crippen molar-refractivity contribution in [3.05, 3.63) is 46.0 Å². The molecule has 1 heterocycles. The number of aromatic nitrogens is 1. The van der Waals surface area contributed by atoms with E-state index < -0.39 is 15.8 Å². The minimum absolute atomic E-state index is 0.0599. The molecule has 0 saturated carbocycles. The number of pyridine rings is 1. The van der Waals surface area contributed by atoms with Gasteiger partial charge in [-0.2, -0.15) is 0 Å². The topological polar surface area (TPSA) is 85.1 Å². The van der Waals surface area contributed by atoms with Crippen LogP contribution in [0, 0.1) is 12.7 Å². The lowest BCUT2D eigenvalue weighted by molar-refractivity contribution is 0.596. The fourth-order valence-corrected chi connectivity index (χ4v) is 3.57. The fourth-order valence-electron chi connectivity index (χ4n) is 1.65. The van der Waals surface area contributed by atoms with Crippen molar-refractivity contribution >= 4 is 44.6 Å². The van der Waals surface area contributed by atoms with Crippen LogP contribution >= 0.6 is 23.2 Å². The van der Waals surface area contributed by atoms with Crippen molar-refractivity contribution in [1.82, 2.24) is 4.98 Å². The average molecular weight is 350 g/mol. The summed E-state index contributed by atoms with van der Waals surface area (Å²) >= 11 is 11.6. The molecule has 1 aromatic carbocycles. The predicted molar refractivity (Wildman–Crippen MR) is 80.6 cm³/mol. The first kappa shape index (κ1) is 15.8. The van der Waals surface area contributed by atoms with Gasteiger partial charge in [0.15, 0.2) is 5.15 Å². The smallest absolute Gasteiger partial charge is 0.264 e. The van der Waals surface area contributed by atoms with Crippen molar-refractivity contribution in [2.24, 2.45) is 0 Å². The summed E-state index contributed by atoms with van der Waals surface area (Å²) in [6, 6.07) is 4.50. The Hall–Kier alpha value is -1.57. The Morgan fingerprint density at radius 1 is 1.29 bits per heavy atom. The van der Waals surface area contributed by atoms with Crippen molar-refractivity contribution in [1.29, 1.82) is 0 Å². The molecule has 0 radical (unpaired) electrons. The van der Waals surface area contributed by atoms with Gasteiger partial charge in [0, 0.05) is 0 Å². The van der Waals surface area contributed by atoms with Gasteiger partial charge < -0.3 is 5.73 Å². The number of aryl methyl sites for hydroxylation is 1. The van der Waals surface area contributed by atoms with Gasteiger partial charge >= 0.3 is 0 Å². The van der Waals surface area contributed by atoms with Gasteiger partial charge in [-0.15, -0.1) is 0 Å². The molecule has 0 aliphatic rings. The Morgan fingerprint density at radius 3 is 2.57 bits per heavy atom. The Kier molecular flexibility index (Phi) is 4.27. The standard InChI is InChI=1S/C12H10Cl2FN3O2S/c1-6-4-10(13)17-12(14)11(6)18-21(19,20)9-5-7(15)2-3-8(9)16/h2-5,18H,16H2,1H3. The van der Waals surface area contributed by atoms with Crippen LogP contribution in [0.2, 0.25) is 10.3 Å². The lowest BCUT2D eigenvalue weighted by Crippen LogP contribution is -2.16. The average Bonchev–Trinajstić information content (AvgIpc) is 2.36. The van der Waals surface area contributed by atoms with E-state index in [2.05, 4.69) is 9.71 Å². The molecule has 3 N–H and O–H groups in total. The van der Waals surface area contributed by atoms with Crippen LogP contribution in [0.1, 0.15) is 5.56 Å². The fraction of sp³-hybridized carbons (Fsp3) is 0.0833. The van der Waals surface area contributed by atoms with Crippen LogP contribution in [0.3, 0.4) is 0 Å². The van der Waals surface area contributed by atoms with E-state index in [-0.39, 0.29) is 26.6 Å². The van der Waals surface area contributed by atoms with Crippen LogP contribution in [-0.4, -0.2) is 13.4 Å². The molecule has 0 fully saturated rings. The summed E-state index contributed by atoms with van der Waals surface area (Å²) in [5.41, 5.74) is 6.02. The van der Waals surface area contributed by atoms with Gasteiger partial charge in [0.2, 0.25) is 0 Å². The second-order valence-electron chi connectivity index (χ2n) is 4.22. The number of benzene rings is 1. The van der Waals surface area contributed by atoms with Crippen LogP contribution in [0.25, 0.3) is 0 Å². The summed E-state index contributed by atoms with van der Waals surface area (Å²) in [6.07, 6.45) is 0. The minimum Gasteiger partial charge on any atom is -0.398 e.